The maximum atomic E-state index is 5.61. The summed E-state index contributed by atoms with van der Waals surface area (Å²) in [6.07, 6.45) is 2.45. The Balaban J connectivity index is 2.13. The minimum absolute atomic E-state index is 0.539. The van der Waals surface area contributed by atoms with E-state index in [-0.39, 0.29) is 0 Å². The monoisotopic (exact) mass is 276 g/mol. The lowest BCUT2D eigenvalue weighted by Gasteiger charge is -2.37. The van der Waals surface area contributed by atoms with Crippen molar-refractivity contribution in [3.8, 4) is 5.75 Å². The third-order valence-corrected chi connectivity index (χ3v) is 4.41. The topological polar surface area (TPSA) is 15.7 Å². The molecule has 3 nitrogen and oxygen atoms in total. The van der Waals surface area contributed by atoms with Gasteiger partial charge in [-0.15, -0.1) is 0 Å². The second-order valence-electron chi connectivity index (χ2n) is 6.27. The van der Waals surface area contributed by atoms with Crippen molar-refractivity contribution in [3.05, 3.63) is 23.8 Å². The number of ether oxygens (including phenoxy) is 1. The van der Waals surface area contributed by atoms with Crippen LogP contribution < -0.4 is 9.64 Å². The number of hydrogen-bond donors (Lipinski definition) is 0. The van der Waals surface area contributed by atoms with Crippen molar-refractivity contribution < 1.29 is 4.74 Å². The molecule has 112 valence electrons. The van der Waals surface area contributed by atoms with Crippen LogP contribution in [0, 0.1) is 0 Å². The van der Waals surface area contributed by atoms with E-state index in [1.807, 2.05) is 0 Å². The Labute approximate surface area is 123 Å². The highest BCUT2D eigenvalue weighted by molar-refractivity contribution is 5.60. The molecule has 0 aliphatic carbocycles. The van der Waals surface area contributed by atoms with Crippen molar-refractivity contribution in [1.29, 1.82) is 0 Å². The molecule has 1 aliphatic heterocycles. The zero-order valence-corrected chi connectivity index (χ0v) is 13.5. The fourth-order valence-corrected chi connectivity index (χ4v) is 2.94. The van der Waals surface area contributed by atoms with Gasteiger partial charge in [-0.3, -0.25) is 0 Å². The van der Waals surface area contributed by atoms with Crippen molar-refractivity contribution in [2.45, 2.75) is 38.6 Å². The summed E-state index contributed by atoms with van der Waals surface area (Å²) in [6.45, 7) is 6.66. The first-order valence-electron chi connectivity index (χ1n) is 7.62. The number of nitrogens with zero attached hydrogens (tertiary/aromatic N) is 2. The van der Waals surface area contributed by atoms with Gasteiger partial charge in [0.2, 0.25) is 0 Å². The molecular weight excluding hydrogens is 248 g/mol. The van der Waals surface area contributed by atoms with Crippen molar-refractivity contribution in [3.63, 3.8) is 0 Å². The van der Waals surface area contributed by atoms with Crippen LogP contribution in [0.15, 0.2) is 18.2 Å². The van der Waals surface area contributed by atoms with Crippen molar-refractivity contribution in [2.75, 3.05) is 39.2 Å². The average Bonchev–Trinajstić information content (AvgIpc) is 2.46. The minimum Gasteiger partial charge on any atom is -0.495 e. The van der Waals surface area contributed by atoms with Gasteiger partial charge in [0.05, 0.1) is 12.8 Å². The average molecular weight is 276 g/mol. The van der Waals surface area contributed by atoms with E-state index in [4.69, 9.17) is 4.74 Å². The van der Waals surface area contributed by atoms with Gasteiger partial charge in [-0.1, -0.05) is 19.9 Å². The minimum atomic E-state index is 0.539. The quantitative estimate of drug-likeness (QED) is 0.839. The third-order valence-electron chi connectivity index (χ3n) is 4.41. The number of benzene rings is 1. The van der Waals surface area contributed by atoms with Gasteiger partial charge in [0, 0.05) is 19.1 Å². The van der Waals surface area contributed by atoms with Crippen molar-refractivity contribution in [2.24, 2.45) is 0 Å². The predicted molar refractivity (Wildman–Crippen MR) is 86.0 cm³/mol. The summed E-state index contributed by atoms with van der Waals surface area (Å²) in [6, 6.07) is 7.37. The Kier molecular flexibility index (Phi) is 4.92. The molecule has 3 heteroatoms. The normalized spacial score (nSPS) is 17.1. The van der Waals surface area contributed by atoms with E-state index >= 15 is 0 Å². The summed E-state index contributed by atoms with van der Waals surface area (Å²) >= 11 is 0. The smallest absolute Gasteiger partial charge is 0.142 e. The largest absolute Gasteiger partial charge is 0.495 e. The van der Waals surface area contributed by atoms with Gasteiger partial charge < -0.3 is 14.5 Å². The van der Waals surface area contributed by atoms with Crippen LogP contribution in [-0.4, -0.2) is 45.2 Å². The van der Waals surface area contributed by atoms with E-state index in [0.717, 1.165) is 18.8 Å². The summed E-state index contributed by atoms with van der Waals surface area (Å²) in [5, 5.41) is 0. The third kappa shape index (κ3) is 3.26. The van der Waals surface area contributed by atoms with E-state index in [9.17, 15) is 0 Å². The molecule has 1 heterocycles. The number of rotatable bonds is 4. The zero-order valence-electron chi connectivity index (χ0n) is 13.5. The number of hydrogen-bond acceptors (Lipinski definition) is 3. The molecule has 1 aromatic carbocycles. The van der Waals surface area contributed by atoms with E-state index < -0.39 is 0 Å². The highest BCUT2D eigenvalue weighted by atomic mass is 16.5. The number of piperidine rings is 1. The van der Waals surface area contributed by atoms with Gasteiger partial charge >= 0.3 is 0 Å². The maximum Gasteiger partial charge on any atom is 0.142 e. The van der Waals surface area contributed by atoms with Gasteiger partial charge in [-0.05, 0) is 50.6 Å². The molecule has 0 aromatic heterocycles. The summed E-state index contributed by atoms with van der Waals surface area (Å²) in [5.41, 5.74) is 2.59. The van der Waals surface area contributed by atoms with E-state index in [2.05, 4.69) is 55.9 Å². The van der Waals surface area contributed by atoms with E-state index in [1.54, 1.807) is 7.11 Å². The fourth-order valence-electron chi connectivity index (χ4n) is 2.94. The molecule has 1 fully saturated rings. The molecule has 0 bridgehead atoms. The van der Waals surface area contributed by atoms with Crippen LogP contribution in [-0.2, 0) is 0 Å². The fraction of sp³-hybridized carbons (Fsp3) is 0.647. The van der Waals surface area contributed by atoms with Gasteiger partial charge in [0.1, 0.15) is 5.75 Å². The van der Waals surface area contributed by atoms with E-state index in [0.29, 0.717) is 12.0 Å². The molecule has 0 unspecified atom stereocenters. The Bertz CT molecular complexity index is 435. The SMILES string of the molecule is COc1cc(C(C)C)ccc1N1CCC(N(C)C)CC1. The molecule has 1 saturated heterocycles. The van der Waals surface area contributed by atoms with Gasteiger partial charge in [-0.25, -0.2) is 0 Å². The first-order chi connectivity index (χ1) is 9.52. The summed E-state index contributed by atoms with van der Waals surface area (Å²) in [5.74, 6) is 1.55. The molecule has 0 spiro atoms. The van der Waals surface area contributed by atoms with Crippen LogP contribution in [0.3, 0.4) is 0 Å². The molecular formula is C17H28N2O. The first-order valence-corrected chi connectivity index (χ1v) is 7.62. The molecule has 0 saturated carbocycles. The maximum absolute atomic E-state index is 5.61. The van der Waals surface area contributed by atoms with Crippen LogP contribution in [0.25, 0.3) is 0 Å². The second-order valence-corrected chi connectivity index (χ2v) is 6.27. The van der Waals surface area contributed by atoms with Crippen LogP contribution in [0.2, 0.25) is 0 Å². The molecule has 0 N–H and O–H groups in total. The Morgan fingerprint density at radius 3 is 2.35 bits per heavy atom. The number of methoxy groups -OCH3 is 1. The number of anilines is 1. The van der Waals surface area contributed by atoms with Crippen LogP contribution in [0.4, 0.5) is 5.69 Å². The lowest BCUT2D eigenvalue weighted by molar-refractivity contribution is 0.249. The van der Waals surface area contributed by atoms with E-state index in [1.165, 1.54) is 24.1 Å². The molecule has 2 rings (SSSR count). The molecule has 1 aromatic rings. The molecule has 20 heavy (non-hydrogen) atoms. The summed E-state index contributed by atoms with van der Waals surface area (Å²) < 4.78 is 5.61. The van der Waals surface area contributed by atoms with Crippen molar-refractivity contribution >= 4 is 5.69 Å². The second kappa shape index (κ2) is 6.49. The predicted octanol–water partition coefficient (Wildman–Crippen LogP) is 3.35. The molecule has 0 radical (unpaired) electrons. The zero-order chi connectivity index (χ0) is 14.7. The highest BCUT2D eigenvalue weighted by Crippen LogP contribution is 2.33. The Hall–Kier alpha value is -1.22. The van der Waals surface area contributed by atoms with Crippen molar-refractivity contribution in [1.82, 2.24) is 4.90 Å². The lowest BCUT2D eigenvalue weighted by atomic mass is 10.00. The molecule has 0 amide bonds. The highest BCUT2D eigenvalue weighted by Gasteiger charge is 2.22. The van der Waals surface area contributed by atoms with Crippen LogP contribution >= 0.6 is 0 Å². The molecule has 1 aliphatic rings. The van der Waals surface area contributed by atoms with Crippen LogP contribution in [0.1, 0.15) is 38.2 Å². The lowest BCUT2D eigenvalue weighted by Crippen LogP contribution is -2.42. The summed E-state index contributed by atoms with van der Waals surface area (Å²) in [4.78, 5) is 4.80. The standard InChI is InChI=1S/C17H28N2O/c1-13(2)14-6-7-16(17(12-14)20-5)19-10-8-15(9-11-19)18(3)4/h6-7,12-13,15H,8-11H2,1-5H3. The van der Waals surface area contributed by atoms with Gasteiger partial charge in [0.25, 0.3) is 0 Å². The Morgan fingerprint density at radius 1 is 1.20 bits per heavy atom. The summed E-state index contributed by atoms with van der Waals surface area (Å²) in [7, 11) is 6.13. The first kappa shape index (κ1) is 15.2. The van der Waals surface area contributed by atoms with Gasteiger partial charge in [0.15, 0.2) is 0 Å². The van der Waals surface area contributed by atoms with Gasteiger partial charge in [-0.2, -0.15) is 0 Å². The Morgan fingerprint density at radius 2 is 1.85 bits per heavy atom. The molecule has 0 atom stereocenters. The van der Waals surface area contributed by atoms with Crippen LogP contribution in [0.5, 0.6) is 5.75 Å².